The lowest BCUT2D eigenvalue weighted by Crippen LogP contribution is -2.23. The Morgan fingerprint density at radius 2 is 2.11 bits per heavy atom. The molecule has 0 aliphatic heterocycles. The van der Waals surface area contributed by atoms with Gasteiger partial charge in [-0.3, -0.25) is 0 Å². The summed E-state index contributed by atoms with van der Waals surface area (Å²) in [7, 11) is 0. The van der Waals surface area contributed by atoms with Gasteiger partial charge in [-0.2, -0.15) is 0 Å². The Kier molecular flexibility index (Phi) is 4.97. The fourth-order valence-electron chi connectivity index (χ4n) is 2.85. The second-order valence-corrected chi connectivity index (χ2v) is 5.27. The molecule has 19 heavy (non-hydrogen) atoms. The molecule has 1 aromatic carbocycles. The van der Waals surface area contributed by atoms with Crippen LogP contribution in [0.4, 0.5) is 0 Å². The summed E-state index contributed by atoms with van der Waals surface area (Å²) < 4.78 is 5.03. The molecule has 1 unspecified atom stereocenters. The van der Waals surface area contributed by atoms with Crippen molar-refractivity contribution in [1.29, 1.82) is 0 Å². The van der Waals surface area contributed by atoms with E-state index in [2.05, 4.69) is 0 Å². The third-order valence-electron chi connectivity index (χ3n) is 3.94. The van der Waals surface area contributed by atoms with Gasteiger partial charge in [-0.1, -0.05) is 31.4 Å². The van der Waals surface area contributed by atoms with E-state index in [1.165, 1.54) is 32.1 Å². The molecule has 0 aromatic heterocycles. The summed E-state index contributed by atoms with van der Waals surface area (Å²) in [4.78, 5) is 11.7. The van der Waals surface area contributed by atoms with Gasteiger partial charge < -0.3 is 10.5 Å². The van der Waals surface area contributed by atoms with Crippen molar-refractivity contribution in [2.75, 3.05) is 6.61 Å². The number of ether oxygens (including phenoxy) is 1. The molecule has 1 saturated carbocycles. The van der Waals surface area contributed by atoms with E-state index in [9.17, 15) is 4.79 Å². The number of esters is 1. The Morgan fingerprint density at radius 1 is 1.37 bits per heavy atom. The quantitative estimate of drug-likeness (QED) is 0.845. The maximum absolute atomic E-state index is 11.7. The largest absolute Gasteiger partial charge is 0.462 e. The highest BCUT2D eigenvalue weighted by Gasteiger charge is 2.22. The topological polar surface area (TPSA) is 52.3 Å². The molecule has 2 N–H and O–H groups in total. The number of benzene rings is 1. The Labute approximate surface area is 115 Å². The van der Waals surface area contributed by atoms with Crippen LogP contribution in [0, 0.1) is 5.92 Å². The third-order valence-corrected chi connectivity index (χ3v) is 3.94. The Bertz CT molecular complexity index is 425. The van der Waals surface area contributed by atoms with Gasteiger partial charge in [-0.15, -0.1) is 0 Å². The zero-order valence-corrected chi connectivity index (χ0v) is 11.6. The van der Waals surface area contributed by atoms with Gasteiger partial charge in [0.1, 0.15) is 0 Å². The van der Waals surface area contributed by atoms with Crippen LogP contribution in [-0.2, 0) is 4.74 Å². The maximum Gasteiger partial charge on any atom is 0.338 e. The minimum absolute atomic E-state index is 0.0367. The third kappa shape index (κ3) is 3.57. The molecule has 1 aromatic rings. The summed E-state index contributed by atoms with van der Waals surface area (Å²) in [5.41, 5.74) is 8.02. The predicted molar refractivity (Wildman–Crippen MR) is 75.9 cm³/mol. The Hall–Kier alpha value is -1.35. The van der Waals surface area contributed by atoms with Gasteiger partial charge in [0, 0.05) is 6.04 Å². The van der Waals surface area contributed by atoms with Gasteiger partial charge in [-0.25, -0.2) is 4.79 Å². The van der Waals surface area contributed by atoms with Gasteiger partial charge in [-0.05, 0) is 43.4 Å². The van der Waals surface area contributed by atoms with E-state index in [-0.39, 0.29) is 12.0 Å². The van der Waals surface area contributed by atoms with Crippen LogP contribution >= 0.6 is 0 Å². The highest BCUT2D eigenvalue weighted by molar-refractivity contribution is 5.89. The molecular formula is C16H23NO2. The number of carbonyl (C=O) groups is 1. The lowest BCUT2D eigenvalue weighted by Gasteiger charge is -2.27. The molecule has 1 aliphatic rings. The van der Waals surface area contributed by atoms with Crippen molar-refractivity contribution in [3.8, 4) is 0 Å². The minimum atomic E-state index is -0.264. The summed E-state index contributed by atoms with van der Waals surface area (Å²) in [5, 5.41) is 0. The Morgan fingerprint density at radius 3 is 2.79 bits per heavy atom. The number of carbonyl (C=O) groups excluding carboxylic acids is 1. The van der Waals surface area contributed by atoms with Crippen molar-refractivity contribution in [3.63, 3.8) is 0 Å². The molecule has 104 valence electrons. The van der Waals surface area contributed by atoms with Gasteiger partial charge >= 0.3 is 5.97 Å². The molecule has 3 nitrogen and oxygen atoms in total. The molecule has 0 spiro atoms. The van der Waals surface area contributed by atoms with Gasteiger partial charge in [0.15, 0.2) is 0 Å². The smallest absolute Gasteiger partial charge is 0.338 e. The summed E-state index contributed by atoms with van der Waals surface area (Å²) in [6.07, 6.45) is 6.27. The van der Waals surface area contributed by atoms with Crippen molar-refractivity contribution in [2.24, 2.45) is 11.7 Å². The molecule has 1 aliphatic carbocycles. The maximum atomic E-state index is 11.7. The molecule has 0 saturated heterocycles. The fourth-order valence-corrected chi connectivity index (χ4v) is 2.85. The average molecular weight is 261 g/mol. The van der Waals surface area contributed by atoms with E-state index in [0.717, 1.165) is 5.56 Å². The highest BCUT2D eigenvalue weighted by atomic mass is 16.5. The van der Waals surface area contributed by atoms with E-state index in [1.807, 2.05) is 25.1 Å². The van der Waals surface area contributed by atoms with Gasteiger partial charge in [0.2, 0.25) is 0 Å². The summed E-state index contributed by atoms with van der Waals surface area (Å²) in [6.45, 7) is 2.22. The lowest BCUT2D eigenvalue weighted by atomic mass is 9.81. The first-order chi connectivity index (χ1) is 9.22. The molecule has 0 heterocycles. The van der Waals surface area contributed by atoms with Crippen molar-refractivity contribution < 1.29 is 9.53 Å². The van der Waals surface area contributed by atoms with Crippen molar-refractivity contribution >= 4 is 5.97 Å². The van der Waals surface area contributed by atoms with Crippen LogP contribution in [0.15, 0.2) is 24.3 Å². The number of rotatable bonds is 4. The molecule has 0 bridgehead atoms. The van der Waals surface area contributed by atoms with E-state index >= 15 is 0 Å². The first kappa shape index (κ1) is 14.1. The van der Waals surface area contributed by atoms with Crippen LogP contribution in [0.2, 0.25) is 0 Å². The van der Waals surface area contributed by atoms with Crippen LogP contribution in [0.1, 0.15) is 61.0 Å². The van der Waals surface area contributed by atoms with E-state index in [1.54, 1.807) is 6.07 Å². The van der Waals surface area contributed by atoms with Crippen molar-refractivity contribution in [1.82, 2.24) is 0 Å². The second kappa shape index (κ2) is 6.71. The summed E-state index contributed by atoms with van der Waals surface area (Å²) in [5.74, 6) is 0.284. The first-order valence-corrected chi connectivity index (χ1v) is 7.25. The zero-order valence-electron chi connectivity index (χ0n) is 11.6. The standard InChI is InChI=1S/C16H23NO2/c1-2-19-16(18)14-10-6-9-13(11-14)15(17)12-7-4-3-5-8-12/h6,9-12,15H,2-5,7-8,17H2,1H3. The SMILES string of the molecule is CCOC(=O)c1cccc(C(N)C2CCCCC2)c1. The monoisotopic (exact) mass is 261 g/mol. The molecule has 0 amide bonds. The van der Waals surface area contributed by atoms with Gasteiger partial charge in [0.25, 0.3) is 0 Å². The summed E-state index contributed by atoms with van der Waals surface area (Å²) >= 11 is 0. The van der Waals surface area contributed by atoms with E-state index in [4.69, 9.17) is 10.5 Å². The van der Waals surface area contributed by atoms with Crippen LogP contribution in [0.5, 0.6) is 0 Å². The van der Waals surface area contributed by atoms with Crippen LogP contribution in [0.25, 0.3) is 0 Å². The lowest BCUT2D eigenvalue weighted by molar-refractivity contribution is 0.0526. The normalized spacial score (nSPS) is 18.0. The molecule has 2 rings (SSSR count). The first-order valence-electron chi connectivity index (χ1n) is 7.25. The van der Waals surface area contributed by atoms with Crippen molar-refractivity contribution in [2.45, 2.75) is 45.1 Å². The van der Waals surface area contributed by atoms with Crippen molar-refractivity contribution in [3.05, 3.63) is 35.4 Å². The van der Waals surface area contributed by atoms with Crippen LogP contribution in [-0.4, -0.2) is 12.6 Å². The van der Waals surface area contributed by atoms with E-state index in [0.29, 0.717) is 18.1 Å². The minimum Gasteiger partial charge on any atom is -0.462 e. The fraction of sp³-hybridized carbons (Fsp3) is 0.562. The molecule has 3 heteroatoms. The average Bonchev–Trinajstić information content (AvgIpc) is 2.48. The highest BCUT2D eigenvalue weighted by Crippen LogP contribution is 2.33. The number of hydrogen-bond acceptors (Lipinski definition) is 3. The molecule has 0 radical (unpaired) electrons. The number of nitrogens with two attached hydrogens (primary N) is 1. The van der Waals surface area contributed by atoms with Crippen LogP contribution in [0.3, 0.4) is 0 Å². The Balaban J connectivity index is 2.10. The van der Waals surface area contributed by atoms with Crippen LogP contribution < -0.4 is 5.73 Å². The molecular weight excluding hydrogens is 238 g/mol. The molecule has 1 fully saturated rings. The molecule has 1 atom stereocenters. The number of hydrogen-bond donors (Lipinski definition) is 1. The summed E-state index contributed by atoms with van der Waals surface area (Å²) in [6, 6.07) is 7.62. The van der Waals surface area contributed by atoms with Gasteiger partial charge in [0.05, 0.1) is 12.2 Å². The predicted octanol–water partition coefficient (Wildman–Crippen LogP) is 3.44. The zero-order chi connectivity index (χ0) is 13.7. The van der Waals surface area contributed by atoms with E-state index < -0.39 is 0 Å². The second-order valence-electron chi connectivity index (χ2n) is 5.27.